The van der Waals surface area contributed by atoms with Crippen LogP contribution >= 0.6 is 7.41 Å². The Balaban J connectivity index is 3.17. The standard InChI is InChI=1S/C3H13N2P/c1-6(2,5)3-4/h6H,3-5H2,1-2H3. The van der Waals surface area contributed by atoms with Crippen LogP contribution in [0.3, 0.4) is 0 Å². The summed E-state index contributed by atoms with van der Waals surface area (Å²) < 4.78 is 0. The van der Waals surface area contributed by atoms with Crippen molar-refractivity contribution in [2.24, 2.45) is 11.2 Å². The van der Waals surface area contributed by atoms with Crippen LogP contribution in [0.4, 0.5) is 0 Å². The zero-order valence-electron chi connectivity index (χ0n) is 4.36. The number of rotatable bonds is 1. The van der Waals surface area contributed by atoms with E-state index in [9.17, 15) is 0 Å². The molecule has 0 bridgehead atoms. The number of nitrogens with two attached hydrogens (primary N) is 2. The molecule has 2 nitrogen and oxygen atoms in total. The summed E-state index contributed by atoms with van der Waals surface area (Å²) >= 11 is 0. The Labute approximate surface area is 39.3 Å². The molecule has 40 valence electrons. The number of hydrogen-bond acceptors (Lipinski definition) is 2. The van der Waals surface area contributed by atoms with E-state index in [1.54, 1.807) is 0 Å². The maximum absolute atomic E-state index is 5.55. The normalized spacial score (nSPS) is 14.7. The van der Waals surface area contributed by atoms with E-state index in [0.29, 0.717) is 6.29 Å². The molecule has 4 N–H and O–H groups in total. The van der Waals surface area contributed by atoms with E-state index in [2.05, 4.69) is 0 Å². The molecule has 0 saturated heterocycles. The summed E-state index contributed by atoms with van der Waals surface area (Å²) in [6, 6.07) is 0. The van der Waals surface area contributed by atoms with Crippen LogP contribution in [0.5, 0.6) is 0 Å². The fourth-order valence-electron chi connectivity index (χ4n) is 0. The van der Waals surface area contributed by atoms with Crippen molar-refractivity contribution < 1.29 is 0 Å². The Morgan fingerprint density at radius 1 is 1.50 bits per heavy atom. The van der Waals surface area contributed by atoms with Gasteiger partial charge < -0.3 is 0 Å². The summed E-state index contributed by atoms with van der Waals surface area (Å²) in [6.07, 6.45) is 0.688. The van der Waals surface area contributed by atoms with Crippen LogP contribution in [0.1, 0.15) is 0 Å². The van der Waals surface area contributed by atoms with Gasteiger partial charge in [0.2, 0.25) is 0 Å². The third-order valence-electron chi connectivity index (χ3n) is 0.526. The average Bonchev–Trinajstić information content (AvgIpc) is 1.35. The molecule has 0 aliphatic heterocycles. The minimum atomic E-state index is -1.35. The maximum atomic E-state index is 5.55. The summed E-state index contributed by atoms with van der Waals surface area (Å²) in [5.41, 5.74) is 10.8. The molecule has 0 amide bonds. The zero-order valence-corrected chi connectivity index (χ0v) is 5.36. The molecule has 6 heavy (non-hydrogen) atoms. The van der Waals surface area contributed by atoms with Gasteiger partial charge in [-0.1, -0.05) is 0 Å². The van der Waals surface area contributed by atoms with E-state index in [4.69, 9.17) is 11.2 Å². The van der Waals surface area contributed by atoms with Crippen LogP contribution in [0.2, 0.25) is 0 Å². The second-order valence-electron chi connectivity index (χ2n) is 2.19. The predicted molar refractivity (Wildman–Crippen MR) is 33.4 cm³/mol. The van der Waals surface area contributed by atoms with Gasteiger partial charge in [0.05, 0.1) is 0 Å². The molecule has 0 aromatic heterocycles. The zero-order chi connectivity index (χ0) is 5.21. The van der Waals surface area contributed by atoms with Gasteiger partial charge in [0.15, 0.2) is 0 Å². The summed E-state index contributed by atoms with van der Waals surface area (Å²) in [4.78, 5) is 0. The SMILES string of the molecule is C[PH](C)(N)CN. The molecule has 0 spiro atoms. The van der Waals surface area contributed by atoms with E-state index in [1.165, 1.54) is 0 Å². The van der Waals surface area contributed by atoms with Crippen LogP contribution < -0.4 is 11.2 Å². The molecule has 0 rings (SSSR count). The van der Waals surface area contributed by atoms with E-state index < -0.39 is 7.41 Å². The molecule has 0 aromatic rings. The minimum absolute atomic E-state index is 0.688. The topological polar surface area (TPSA) is 52.0 Å². The molecular formula is C3H13N2P. The van der Waals surface area contributed by atoms with Crippen molar-refractivity contribution in [2.75, 3.05) is 19.6 Å². The Kier molecular flexibility index (Phi) is 1.98. The molecule has 0 aromatic carbocycles. The third kappa shape index (κ3) is 4.35. The fraction of sp³-hybridized carbons (Fsp3) is 1.00. The van der Waals surface area contributed by atoms with Crippen molar-refractivity contribution in [3.63, 3.8) is 0 Å². The molecule has 3 heteroatoms. The van der Waals surface area contributed by atoms with Crippen molar-refractivity contribution in [1.29, 1.82) is 0 Å². The van der Waals surface area contributed by atoms with Crippen LogP contribution in [-0.2, 0) is 0 Å². The average molecular weight is 108 g/mol. The van der Waals surface area contributed by atoms with Crippen LogP contribution in [-0.4, -0.2) is 19.6 Å². The van der Waals surface area contributed by atoms with E-state index in [1.807, 2.05) is 13.3 Å². The van der Waals surface area contributed by atoms with Gasteiger partial charge in [-0.15, -0.1) is 0 Å². The van der Waals surface area contributed by atoms with Crippen molar-refractivity contribution in [2.45, 2.75) is 0 Å². The Bertz CT molecular complexity index is 38.5. The fourth-order valence-corrected chi connectivity index (χ4v) is 0. The van der Waals surface area contributed by atoms with E-state index in [-0.39, 0.29) is 0 Å². The molecular weight excluding hydrogens is 95.0 g/mol. The summed E-state index contributed by atoms with van der Waals surface area (Å²) in [5.74, 6) is 0. The summed E-state index contributed by atoms with van der Waals surface area (Å²) in [7, 11) is -1.35. The first kappa shape index (κ1) is 6.35. The van der Waals surface area contributed by atoms with Gasteiger partial charge in [0, 0.05) is 0 Å². The van der Waals surface area contributed by atoms with Gasteiger partial charge in [0.1, 0.15) is 0 Å². The van der Waals surface area contributed by atoms with Crippen molar-refractivity contribution in [3.05, 3.63) is 0 Å². The summed E-state index contributed by atoms with van der Waals surface area (Å²) in [5, 5.41) is 0. The first-order valence-corrected chi connectivity index (χ1v) is 5.33. The van der Waals surface area contributed by atoms with Gasteiger partial charge in [-0.05, 0) is 0 Å². The quantitative estimate of drug-likeness (QED) is 0.456. The molecule has 0 saturated carbocycles. The molecule has 0 aliphatic carbocycles. The molecule has 0 fully saturated rings. The second-order valence-corrected chi connectivity index (χ2v) is 6.58. The third-order valence-corrected chi connectivity index (χ3v) is 1.58. The van der Waals surface area contributed by atoms with Gasteiger partial charge >= 0.3 is 38.3 Å². The van der Waals surface area contributed by atoms with Gasteiger partial charge in [-0.2, -0.15) is 0 Å². The molecule has 0 heterocycles. The second kappa shape index (κ2) is 1.87. The first-order chi connectivity index (χ1) is 2.56. The van der Waals surface area contributed by atoms with Crippen LogP contribution in [0.25, 0.3) is 0 Å². The van der Waals surface area contributed by atoms with E-state index >= 15 is 0 Å². The Morgan fingerprint density at radius 2 is 1.67 bits per heavy atom. The monoisotopic (exact) mass is 108 g/mol. The van der Waals surface area contributed by atoms with Gasteiger partial charge in [0.25, 0.3) is 0 Å². The Hall–Kier alpha value is 0.350. The predicted octanol–water partition coefficient (Wildman–Crippen LogP) is -0.214. The van der Waals surface area contributed by atoms with Crippen molar-refractivity contribution >= 4 is 7.41 Å². The Morgan fingerprint density at radius 3 is 1.67 bits per heavy atom. The molecule has 0 atom stereocenters. The van der Waals surface area contributed by atoms with Crippen molar-refractivity contribution in [3.8, 4) is 0 Å². The van der Waals surface area contributed by atoms with E-state index in [0.717, 1.165) is 0 Å². The molecule has 0 radical (unpaired) electrons. The summed E-state index contributed by atoms with van der Waals surface area (Å²) in [6.45, 7) is 4.07. The van der Waals surface area contributed by atoms with Gasteiger partial charge in [-0.3, -0.25) is 0 Å². The van der Waals surface area contributed by atoms with Crippen molar-refractivity contribution in [1.82, 2.24) is 0 Å². The number of hydrogen-bond donors (Lipinski definition) is 2. The van der Waals surface area contributed by atoms with Crippen LogP contribution in [0.15, 0.2) is 0 Å². The van der Waals surface area contributed by atoms with Gasteiger partial charge in [-0.25, -0.2) is 0 Å². The first-order valence-electron chi connectivity index (χ1n) is 2.05. The molecule has 0 aliphatic rings. The molecule has 0 unspecified atom stereocenters. The van der Waals surface area contributed by atoms with Crippen LogP contribution in [0, 0.1) is 0 Å².